The molecule has 2 aromatic carbocycles. The van der Waals surface area contributed by atoms with Crippen molar-refractivity contribution in [2.75, 3.05) is 13.7 Å². The minimum absolute atomic E-state index is 0.328. The van der Waals surface area contributed by atoms with E-state index in [0.717, 1.165) is 35.7 Å². The third-order valence-electron chi connectivity index (χ3n) is 4.48. The Morgan fingerprint density at radius 2 is 1.83 bits per heavy atom. The van der Waals surface area contributed by atoms with Crippen LogP contribution in [-0.4, -0.2) is 36.0 Å². The fourth-order valence-electron chi connectivity index (χ4n) is 2.77. The van der Waals surface area contributed by atoms with E-state index in [1.807, 2.05) is 48.5 Å². The second-order valence-corrected chi connectivity index (χ2v) is 6.72. The number of rotatable bonds is 10. The van der Waals surface area contributed by atoms with E-state index in [2.05, 4.69) is 27.6 Å². The van der Waals surface area contributed by atoms with Crippen molar-refractivity contribution >= 4 is 12.1 Å². The zero-order valence-corrected chi connectivity index (χ0v) is 17.2. The Labute approximate surface area is 176 Å². The van der Waals surface area contributed by atoms with Crippen molar-refractivity contribution in [3.05, 3.63) is 65.9 Å². The van der Waals surface area contributed by atoms with Crippen LogP contribution in [0.2, 0.25) is 0 Å². The Balaban J connectivity index is 1.51. The maximum Gasteiger partial charge on any atom is 0.289 e. The summed E-state index contributed by atoms with van der Waals surface area (Å²) >= 11 is 0. The van der Waals surface area contributed by atoms with E-state index in [-0.39, 0.29) is 5.91 Å². The fraction of sp³-hybridized carbons (Fsp3) is 0.261. The molecule has 7 heteroatoms. The van der Waals surface area contributed by atoms with Gasteiger partial charge in [-0.05, 0) is 66.6 Å². The Kier molecular flexibility index (Phi) is 7.60. The Bertz CT molecular complexity index is 963. The van der Waals surface area contributed by atoms with Crippen LogP contribution in [0.5, 0.6) is 11.5 Å². The van der Waals surface area contributed by atoms with Gasteiger partial charge in [-0.1, -0.05) is 19.8 Å². The summed E-state index contributed by atoms with van der Waals surface area (Å²) in [5, 5.41) is 10.9. The van der Waals surface area contributed by atoms with Crippen molar-refractivity contribution in [1.29, 1.82) is 0 Å². The van der Waals surface area contributed by atoms with Crippen LogP contribution >= 0.6 is 0 Å². The van der Waals surface area contributed by atoms with Crippen LogP contribution in [0.1, 0.15) is 42.2 Å². The molecule has 3 rings (SSSR count). The zero-order chi connectivity index (χ0) is 21.2. The van der Waals surface area contributed by atoms with E-state index < -0.39 is 0 Å². The van der Waals surface area contributed by atoms with Crippen molar-refractivity contribution < 1.29 is 14.3 Å². The Morgan fingerprint density at radius 3 is 2.53 bits per heavy atom. The van der Waals surface area contributed by atoms with E-state index in [1.165, 1.54) is 12.8 Å². The Hall–Kier alpha value is -3.61. The third-order valence-corrected chi connectivity index (χ3v) is 4.48. The lowest BCUT2D eigenvalue weighted by Gasteiger charge is -2.05. The highest BCUT2D eigenvalue weighted by Gasteiger charge is 2.10. The summed E-state index contributed by atoms with van der Waals surface area (Å²) in [4.78, 5) is 12.3. The number of nitrogens with zero attached hydrogens (tertiary/aromatic N) is 2. The van der Waals surface area contributed by atoms with Gasteiger partial charge in [-0.15, -0.1) is 0 Å². The average Bonchev–Trinajstić information content (AvgIpc) is 3.28. The van der Waals surface area contributed by atoms with Gasteiger partial charge in [0.15, 0.2) is 0 Å². The number of carbonyl (C=O) groups is 1. The highest BCUT2D eigenvalue weighted by Crippen LogP contribution is 2.21. The lowest BCUT2D eigenvalue weighted by molar-refractivity contribution is 0.0950. The molecular formula is C23H26N4O3. The van der Waals surface area contributed by atoms with Crippen molar-refractivity contribution in [3.63, 3.8) is 0 Å². The number of hydrogen-bond donors (Lipinski definition) is 2. The van der Waals surface area contributed by atoms with Crippen LogP contribution in [0.15, 0.2) is 59.7 Å². The number of aromatic amines is 1. The van der Waals surface area contributed by atoms with Gasteiger partial charge in [-0.25, -0.2) is 5.43 Å². The quantitative estimate of drug-likeness (QED) is 0.296. The lowest BCUT2D eigenvalue weighted by Crippen LogP contribution is -2.17. The first kappa shape index (κ1) is 21.1. The van der Waals surface area contributed by atoms with Crippen LogP contribution in [-0.2, 0) is 0 Å². The van der Waals surface area contributed by atoms with Crippen LogP contribution < -0.4 is 14.9 Å². The topological polar surface area (TPSA) is 88.6 Å². The number of nitrogens with one attached hydrogen (secondary N) is 2. The van der Waals surface area contributed by atoms with Gasteiger partial charge in [0.1, 0.15) is 17.2 Å². The molecule has 156 valence electrons. The monoisotopic (exact) mass is 406 g/mol. The van der Waals surface area contributed by atoms with Gasteiger partial charge in [0.05, 0.1) is 25.6 Å². The number of carbonyl (C=O) groups excluding carboxylic acids is 1. The van der Waals surface area contributed by atoms with E-state index in [4.69, 9.17) is 9.47 Å². The van der Waals surface area contributed by atoms with Crippen LogP contribution in [0.25, 0.3) is 11.3 Å². The minimum atomic E-state index is -0.366. The molecule has 0 saturated carbocycles. The molecule has 0 bridgehead atoms. The standard InChI is InChI=1S/C23H26N4O3/c1-3-4-5-14-30-20-10-6-17(7-11-20)16-24-27-23(28)22-15-21(25-26-22)18-8-12-19(29-2)13-9-18/h6-13,15-16H,3-5,14H2,1-2H3,(H,25,26)(H,27,28). The molecule has 0 aliphatic heterocycles. The van der Waals surface area contributed by atoms with Gasteiger partial charge in [0.2, 0.25) is 0 Å². The second kappa shape index (κ2) is 10.8. The maximum absolute atomic E-state index is 12.3. The fourth-order valence-corrected chi connectivity index (χ4v) is 2.77. The summed E-state index contributed by atoms with van der Waals surface area (Å²) in [7, 11) is 1.61. The van der Waals surface area contributed by atoms with Crippen molar-refractivity contribution in [3.8, 4) is 22.8 Å². The number of amides is 1. The molecular weight excluding hydrogens is 380 g/mol. The first-order valence-electron chi connectivity index (χ1n) is 9.95. The molecule has 7 nitrogen and oxygen atoms in total. The molecule has 1 aromatic heterocycles. The molecule has 0 aliphatic rings. The summed E-state index contributed by atoms with van der Waals surface area (Å²) in [6, 6.07) is 16.7. The summed E-state index contributed by atoms with van der Waals surface area (Å²) < 4.78 is 10.8. The molecule has 2 N–H and O–H groups in total. The normalized spacial score (nSPS) is 10.9. The average molecular weight is 406 g/mol. The van der Waals surface area contributed by atoms with E-state index in [1.54, 1.807) is 19.4 Å². The number of aromatic nitrogens is 2. The number of H-pyrrole nitrogens is 1. The second-order valence-electron chi connectivity index (χ2n) is 6.72. The molecule has 0 aliphatic carbocycles. The molecule has 0 fully saturated rings. The number of methoxy groups -OCH3 is 1. The predicted octanol–water partition coefficient (Wildman–Crippen LogP) is 4.42. The number of ether oxygens (including phenoxy) is 2. The van der Waals surface area contributed by atoms with Crippen molar-refractivity contribution in [2.24, 2.45) is 5.10 Å². The van der Waals surface area contributed by atoms with Gasteiger partial charge in [0, 0.05) is 5.56 Å². The summed E-state index contributed by atoms with van der Waals surface area (Å²) in [6.07, 6.45) is 4.98. The number of hydrazone groups is 1. The molecule has 0 unspecified atom stereocenters. The molecule has 0 saturated heterocycles. The van der Waals surface area contributed by atoms with Crippen LogP contribution in [0.4, 0.5) is 0 Å². The predicted molar refractivity (Wildman–Crippen MR) is 117 cm³/mol. The highest BCUT2D eigenvalue weighted by atomic mass is 16.5. The highest BCUT2D eigenvalue weighted by molar-refractivity contribution is 5.94. The van der Waals surface area contributed by atoms with Gasteiger partial charge in [-0.3, -0.25) is 9.89 Å². The number of hydrogen-bond acceptors (Lipinski definition) is 5. The number of unbranched alkanes of at least 4 members (excludes halogenated alkanes) is 2. The molecule has 0 atom stereocenters. The molecule has 3 aromatic rings. The lowest BCUT2D eigenvalue weighted by atomic mass is 10.1. The van der Waals surface area contributed by atoms with E-state index >= 15 is 0 Å². The SMILES string of the molecule is CCCCCOc1ccc(C=NNC(=O)c2cc(-c3ccc(OC)cc3)n[nH]2)cc1. The van der Waals surface area contributed by atoms with Gasteiger partial charge in [0.25, 0.3) is 5.91 Å². The maximum atomic E-state index is 12.3. The smallest absolute Gasteiger partial charge is 0.289 e. The first-order chi connectivity index (χ1) is 14.7. The van der Waals surface area contributed by atoms with Crippen molar-refractivity contribution in [1.82, 2.24) is 15.6 Å². The van der Waals surface area contributed by atoms with Gasteiger partial charge >= 0.3 is 0 Å². The zero-order valence-electron chi connectivity index (χ0n) is 17.2. The largest absolute Gasteiger partial charge is 0.497 e. The van der Waals surface area contributed by atoms with Crippen molar-refractivity contribution in [2.45, 2.75) is 26.2 Å². The van der Waals surface area contributed by atoms with Gasteiger partial charge in [-0.2, -0.15) is 10.2 Å². The minimum Gasteiger partial charge on any atom is -0.497 e. The number of benzene rings is 2. The van der Waals surface area contributed by atoms with E-state index in [0.29, 0.717) is 11.4 Å². The molecule has 0 spiro atoms. The molecule has 1 amide bonds. The molecule has 0 radical (unpaired) electrons. The summed E-state index contributed by atoms with van der Waals surface area (Å²) in [6.45, 7) is 2.89. The summed E-state index contributed by atoms with van der Waals surface area (Å²) in [5.74, 6) is 1.22. The first-order valence-corrected chi connectivity index (χ1v) is 9.95. The van der Waals surface area contributed by atoms with Crippen LogP contribution in [0.3, 0.4) is 0 Å². The molecule has 1 heterocycles. The molecule has 30 heavy (non-hydrogen) atoms. The Morgan fingerprint density at radius 1 is 1.10 bits per heavy atom. The summed E-state index contributed by atoms with van der Waals surface area (Å²) in [5.41, 5.74) is 5.24. The van der Waals surface area contributed by atoms with E-state index in [9.17, 15) is 4.79 Å². The third kappa shape index (κ3) is 5.94. The van der Waals surface area contributed by atoms with Crippen LogP contribution in [0, 0.1) is 0 Å². The van der Waals surface area contributed by atoms with Gasteiger partial charge < -0.3 is 9.47 Å².